The molecule has 4 aliphatic heterocycles. The average Bonchev–Trinajstić information content (AvgIpc) is 3.47. The smallest absolute Gasteiger partial charge is 0.329 e. The van der Waals surface area contributed by atoms with Crippen LogP contribution >= 0.6 is 11.6 Å². The standard InChI is InChI=1S/C34H56ClN7O8/c1-9-20(7)27-34(49)50-28(18(4)5)33(48)42-25(12-21(35)14-36-42)32(47)41-26(13-22(43)15-37-41)30(45)39(8)24(10-17(2)3)31(46)40-16-19(6)11-23(40)29(44)38-27/h17-28,36-37,43H,9-16H2,1-8H3,(H,38,44)/t19-,20?,21+,22+,23+,24-,25-,26+,27-,28+/m1/s1. The van der Waals surface area contributed by atoms with E-state index in [1.807, 2.05) is 27.7 Å². The van der Waals surface area contributed by atoms with Gasteiger partial charge in [-0.25, -0.2) is 15.6 Å². The van der Waals surface area contributed by atoms with Crippen molar-refractivity contribution in [2.24, 2.45) is 23.7 Å². The molecule has 0 aromatic heterocycles. The predicted molar refractivity (Wildman–Crippen MR) is 184 cm³/mol. The number of rotatable bonds is 5. The van der Waals surface area contributed by atoms with Crippen LogP contribution in [0.2, 0.25) is 0 Å². The Labute approximate surface area is 300 Å². The van der Waals surface area contributed by atoms with Crippen LogP contribution in [0.25, 0.3) is 0 Å². The van der Waals surface area contributed by atoms with Gasteiger partial charge in [0.15, 0.2) is 6.10 Å². The maximum Gasteiger partial charge on any atom is 0.329 e. The first kappa shape index (κ1) is 39.8. The van der Waals surface area contributed by atoms with Gasteiger partial charge in [0.25, 0.3) is 11.8 Å². The Hall–Kier alpha value is -3.01. The van der Waals surface area contributed by atoms with Crippen molar-refractivity contribution in [3.63, 3.8) is 0 Å². The molecule has 10 atom stereocenters. The molecule has 16 heteroatoms. The van der Waals surface area contributed by atoms with Gasteiger partial charge in [0.05, 0.1) is 11.5 Å². The van der Waals surface area contributed by atoms with Gasteiger partial charge in [-0.15, -0.1) is 11.6 Å². The van der Waals surface area contributed by atoms with E-state index in [2.05, 4.69) is 16.2 Å². The molecular weight excluding hydrogens is 670 g/mol. The van der Waals surface area contributed by atoms with Crippen LogP contribution in [-0.2, 0) is 33.5 Å². The molecule has 5 amide bonds. The molecule has 0 saturated carbocycles. The topological polar surface area (TPSA) is 181 Å². The summed E-state index contributed by atoms with van der Waals surface area (Å²) in [7, 11) is 1.50. The van der Waals surface area contributed by atoms with E-state index in [1.54, 1.807) is 20.8 Å². The van der Waals surface area contributed by atoms with Crippen molar-refractivity contribution in [2.75, 3.05) is 26.7 Å². The first-order valence-corrected chi connectivity index (χ1v) is 18.4. The summed E-state index contributed by atoms with van der Waals surface area (Å²) >= 11 is 6.52. The Kier molecular flexibility index (Phi) is 13.2. The Morgan fingerprint density at radius 2 is 1.48 bits per heavy atom. The van der Waals surface area contributed by atoms with Gasteiger partial charge in [0.1, 0.15) is 30.2 Å². The molecule has 0 aliphatic carbocycles. The van der Waals surface area contributed by atoms with Gasteiger partial charge in [0.2, 0.25) is 17.7 Å². The number of halogens is 1. The lowest BCUT2D eigenvalue weighted by Crippen LogP contribution is -2.70. The monoisotopic (exact) mass is 725 g/mol. The summed E-state index contributed by atoms with van der Waals surface area (Å²) in [4.78, 5) is 88.2. The van der Waals surface area contributed by atoms with Crippen molar-refractivity contribution < 1.29 is 38.6 Å². The summed E-state index contributed by atoms with van der Waals surface area (Å²) in [6.45, 7) is 13.2. The van der Waals surface area contributed by atoms with Crippen molar-refractivity contribution in [1.82, 2.24) is 36.0 Å². The number of cyclic esters (lactones) is 1. The highest BCUT2D eigenvalue weighted by Gasteiger charge is 2.49. The predicted octanol–water partition coefficient (Wildman–Crippen LogP) is 0.388. The number of aliphatic hydroxyl groups excluding tert-OH is 1. The molecule has 15 nitrogen and oxygen atoms in total. The van der Waals surface area contributed by atoms with Gasteiger partial charge in [-0.3, -0.25) is 34.0 Å². The van der Waals surface area contributed by atoms with Crippen LogP contribution in [0.15, 0.2) is 0 Å². The Morgan fingerprint density at radius 3 is 2.10 bits per heavy atom. The molecule has 282 valence electrons. The molecule has 4 N–H and O–H groups in total. The molecule has 0 aromatic carbocycles. The number of alkyl halides is 1. The number of carbonyl (C=O) groups is 6. The van der Waals surface area contributed by atoms with Crippen LogP contribution in [0.3, 0.4) is 0 Å². The molecule has 0 spiro atoms. The molecule has 4 aliphatic rings. The van der Waals surface area contributed by atoms with E-state index >= 15 is 0 Å². The molecule has 0 bridgehead atoms. The van der Waals surface area contributed by atoms with Crippen LogP contribution in [0.4, 0.5) is 0 Å². The summed E-state index contributed by atoms with van der Waals surface area (Å²) in [5.74, 6) is -4.59. The highest BCUT2D eigenvalue weighted by atomic mass is 35.5. The lowest BCUT2D eigenvalue weighted by atomic mass is 9.96. The zero-order chi connectivity index (χ0) is 37.2. The minimum atomic E-state index is -1.33. The van der Waals surface area contributed by atoms with Gasteiger partial charge in [-0.2, -0.15) is 0 Å². The van der Waals surface area contributed by atoms with E-state index in [0.29, 0.717) is 12.8 Å². The number of amides is 5. The lowest BCUT2D eigenvalue weighted by Gasteiger charge is -2.45. The molecular formula is C34H56ClN7O8. The number of fused-ring (bicyclic) bond motifs is 3. The lowest BCUT2D eigenvalue weighted by molar-refractivity contribution is -0.175. The fourth-order valence-electron chi connectivity index (χ4n) is 7.26. The number of β-amino-alcohol motifs (C(OH)–C–C–N with tert-alkyl or cyclic N) is 1. The van der Waals surface area contributed by atoms with E-state index in [0.717, 1.165) is 10.0 Å². The molecule has 4 saturated heterocycles. The van der Waals surface area contributed by atoms with Crippen molar-refractivity contribution in [1.29, 1.82) is 0 Å². The van der Waals surface area contributed by atoms with E-state index in [9.17, 15) is 33.9 Å². The van der Waals surface area contributed by atoms with E-state index < -0.39 is 89.2 Å². The SMILES string of the molecule is CCC(C)[C@H]1NC(=O)[C@@H]2C[C@@H](C)CN2C(=O)[C@@H](CC(C)C)N(C)C(=O)[C@@H]2C[C@H](O)CNN2C(=O)[C@H]2C[C@H](Cl)CNN2C(=O)[C@H](C(C)C)OC1=O. The summed E-state index contributed by atoms with van der Waals surface area (Å²) < 4.78 is 5.90. The number of ether oxygens (including phenoxy) is 1. The van der Waals surface area contributed by atoms with Gasteiger partial charge in [0, 0.05) is 33.1 Å². The Bertz CT molecular complexity index is 1300. The fourth-order valence-corrected chi connectivity index (χ4v) is 7.50. The maximum atomic E-state index is 14.5. The second kappa shape index (κ2) is 16.6. The third kappa shape index (κ3) is 8.54. The largest absolute Gasteiger partial charge is 0.450 e. The Balaban J connectivity index is 1.85. The summed E-state index contributed by atoms with van der Waals surface area (Å²) in [6, 6.07) is -5.44. The van der Waals surface area contributed by atoms with Crippen LogP contribution in [-0.4, -0.2) is 135 Å². The van der Waals surface area contributed by atoms with Crippen LogP contribution in [0.1, 0.15) is 80.6 Å². The maximum absolute atomic E-state index is 14.5. The van der Waals surface area contributed by atoms with Crippen molar-refractivity contribution in [2.45, 2.75) is 128 Å². The second-order valence-electron chi connectivity index (χ2n) is 15.3. The highest BCUT2D eigenvalue weighted by molar-refractivity contribution is 6.21. The molecule has 4 fully saturated rings. The number of nitrogens with zero attached hydrogens (tertiary/aromatic N) is 4. The number of carbonyl (C=O) groups excluding carboxylic acids is 6. The van der Waals surface area contributed by atoms with Crippen LogP contribution in [0.5, 0.6) is 0 Å². The molecule has 4 heterocycles. The van der Waals surface area contributed by atoms with Crippen molar-refractivity contribution in [3.8, 4) is 0 Å². The zero-order valence-corrected chi connectivity index (χ0v) is 31.3. The number of hydrazine groups is 2. The first-order valence-electron chi connectivity index (χ1n) is 18.0. The number of aliphatic hydroxyl groups is 1. The van der Waals surface area contributed by atoms with E-state index in [1.165, 1.54) is 16.8 Å². The number of hydrogen-bond donors (Lipinski definition) is 4. The van der Waals surface area contributed by atoms with Gasteiger partial charge in [-0.05, 0) is 42.9 Å². The minimum Gasteiger partial charge on any atom is -0.450 e. The normalized spacial score (nSPS) is 34.6. The fraction of sp³-hybridized carbons (Fsp3) is 0.824. The minimum absolute atomic E-state index is 0.0239. The van der Waals surface area contributed by atoms with E-state index in [-0.39, 0.29) is 56.7 Å². The third-order valence-corrected chi connectivity index (χ3v) is 10.7. The van der Waals surface area contributed by atoms with Gasteiger partial charge < -0.3 is 25.0 Å². The summed E-state index contributed by atoms with van der Waals surface area (Å²) in [6.07, 6.45) is -1.25. The van der Waals surface area contributed by atoms with Crippen molar-refractivity contribution >= 4 is 47.1 Å². The molecule has 50 heavy (non-hydrogen) atoms. The zero-order valence-electron chi connectivity index (χ0n) is 30.6. The highest BCUT2D eigenvalue weighted by Crippen LogP contribution is 2.29. The number of nitrogens with one attached hydrogen (secondary N) is 3. The molecule has 1 unspecified atom stereocenters. The third-order valence-electron chi connectivity index (χ3n) is 10.4. The number of likely N-dealkylation sites (N-methyl/N-ethyl adjacent to an activating group) is 1. The van der Waals surface area contributed by atoms with Crippen molar-refractivity contribution in [3.05, 3.63) is 0 Å². The first-order chi connectivity index (χ1) is 23.5. The number of hydrogen-bond acceptors (Lipinski definition) is 10. The molecule has 0 radical (unpaired) electrons. The van der Waals surface area contributed by atoms with Gasteiger partial charge in [-0.1, -0.05) is 54.9 Å². The molecule has 0 aromatic rings. The van der Waals surface area contributed by atoms with Crippen LogP contribution in [0, 0.1) is 23.7 Å². The quantitative estimate of drug-likeness (QED) is 0.229. The molecule has 4 rings (SSSR count). The number of esters is 1. The van der Waals surface area contributed by atoms with Crippen LogP contribution < -0.4 is 16.2 Å². The Morgan fingerprint density at radius 1 is 0.860 bits per heavy atom. The van der Waals surface area contributed by atoms with Gasteiger partial charge >= 0.3 is 5.97 Å². The van der Waals surface area contributed by atoms with E-state index in [4.69, 9.17) is 16.3 Å². The summed E-state index contributed by atoms with van der Waals surface area (Å²) in [5.41, 5.74) is 5.81. The second-order valence-corrected chi connectivity index (χ2v) is 15.9. The summed E-state index contributed by atoms with van der Waals surface area (Å²) in [5, 5.41) is 15.2. The average molecular weight is 726 g/mol.